The lowest BCUT2D eigenvalue weighted by Gasteiger charge is -2.24. The van der Waals surface area contributed by atoms with Crippen LogP contribution in [-0.4, -0.2) is 78.6 Å². The van der Waals surface area contributed by atoms with Crippen LogP contribution in [-0.2, 0) is 9.84 Å². The van der Waals surface area contributed by atoms with Crippen LogP contribution in [0.5, 0.6) is 0 Å². The van der Waals surface area contributed by atoms with Crippen LogP contribution in [0.25, 0.3) is 0 Å². The van der Waals surface area contributed by atoms with Gasteiger partial charge in [0.1, 0.15) is 5.69 Å². The number of carbonyl (C=O) groups excluding carboxylic acids is 1. The number of nitrogens with one attached hydrogen (secondary N) is 1. The van der Waals surface area contributed by atoms with Gasteiger partial charge >= 0.3 is 0 Å². The molecule has 0 unspecified atom stereocenters. The molecule has 0 saturated carbocycles. The zero-order chi connectivity index (χ0) is 14.5. The first kappa shape index (κ1) is 13.6. The predicted molar refractivity (Wildman–Crippen MR) is 73.0 cm³/mol. The van der Waals surface area contributed by atoms with E-state index in [0.29, 0.717) is 12.2 Å². The van der Waals surface area contributed by atoms with Gasteiger partial charge in [-0.2, -0.15) is 5.10 Å². The van der Waals surface area contributed by atoms with Gasteiger partial charge in [-0.05, 0) is 20.2 Å². The van der Waals surface area contributed by atoms with Crippen molar-refractivity contribution in [1.29, 1.82) is 0 Å². The van der Waals surface area contributed by atoms with Gasteiger partial charge in [-0.3, -0.25) is 9.89 Å². The van der Waals surface area contributed by atoms with Crippen LogP contribution in [0.15, 0.2) is 12.3 Å². The Morgan fingerprint density at radius 2 is 2.20 bits per heavy atom. The number of likely N-dealkylation sites (tertiary alicyclic amines) is 1. The second-order valence-electron chi connectivity index (χ2n) is 5.74. The van der Waals surface area contributed by atoms with E-state index in [4.69, 9.17) is 0 Å². The van der Waals surface area contributed by atoms with Gasteiger partial charge in [-0.15, -0.1) is 0 Å². The molecule has 3 atom stereocenters. The fourth-order valence-corrected chi connectivity index (χ4v) is 5.75. The van der Waals surface area contributed by atoms with Gasteiger partial charge in [0.25, 0.3) is 5.91 Å². The van der Waals surface area contributed by atoms with Gasteiger partial charge in [0, 0.05) is 31.2 Å². The number of amides is 1. The average molecular weight is 298 g/mol. The molecule has 2 fully saturated rings. The van der Waals surface area contributed by atoms with Crippen LogP contribution < -0.4 is 0 Å². The Morgan fingerprint density at radius 3 is 2.80 bits per heavy atom. The van der Waals surface area contributed by atoms with Crippen molar-refractivity contribution >= 4 is 15.7 Å². The van der Waals surface area contributed by atoms with E-state index in [-0.39, 0.29) is 30.2 Å². The van der Waals surface area contributed by atoms with Gasteiger partial charge in [0.15, 0.2) is 9.84 Å². The van der Waals surface area contributed by atoms with Crippen LogP contribution >= 0.6 is 0 Å². The van der Waals surface area contributed by atoms with Crippen molar-refractivity contribution in [3.05, 3.63) is 18.0 Å². The van der Waals surface area contributed by atoms with Crippen LogP contribution in [0.3, 0.4) is 0 Å². The Morgan fingerprint density at radius 1 is 1.45 bits per heavy atom. The second kappa shape index (κ2) is 4.56. The smallest absolute Gasteiger partial charge is 0.271 e. The third kappa shape index (κ3) is 2.03. The number of aromatic nitrogens is 2. The van der Waals surface area contributed by atoms with E-state index in [2.05, 4.69) is 10.2 Å². The molecule has 8 heteroatoms. The summed E-state index contributed by atoms with van der Waals surface area (Å²) < 4.78 is 24.5. The fraction of sp³-hybridized carbons (Fsp3) is 0.667. The lowest BCUT2D eigenvalue weighted by atomic mass is 10.00. The third-order valence-corrected chi connectivity index (χ3v) is 6.58. The Kier molecular flexibility index (Phi) is 3.09. The maximum absolute atomic E-state index is 12.3. The highest BCUT2D eigenvalue weighted by Crippen LogP contribution is 2.36. The fourth-order valence-electron chi connectivity index (χ4n) is 3.28. The first-order chi connectivity index (χ1) is 9.40. The van der Waals surface area contributed by atoms with Crippen molar-refractivity contribution < 1.29 is 13.2 Å². The van der Waals surface area contributed by atoms with Gasteiger partial charge in [-0.1, -0.05) is 0 Å². The molecule has 3 rings (SSSR count). The molecule has 0 radical (unpaired) electrons. The predicted octanol–water partition coefficient (Wildman–Crippen LogP) is -0.791. The monoisotopic (exact) mass is 298 g/mol. The summed E-state index contributed by atoms with van der Waals surface area (Å²) in [6, 6.07) is 1.60. The molecular weight excluding hydrogens is 280 g/mol. The summed E-state index contributed by atoms with van der Waals surface area (Å²) in [6.07, 6.45) is 1.52. The van der Waals surface area contributed by atoms with E-state index >= 15 is 0 Å². The van der Waals surface area contributed by atoms with Gasteiger partial charge in [0.05, 0.1) is 11.0 Å². The quantitative estimate of drug-likeness (QED) is 0.773. The topological polar surface area (TPSA) is 86.4 Å². The number of aromatic amines is 1. The zero-order valence-corrected chi connectivity index (χ0v) is 12.3. The molecule has 1 aromatic heterocycles. The van der Waals surface area contributed by atoms with E-state index < -0.39 is 15.1 Å². The maximum Gasteiger partial charge on any atom is 0.271 e. The number of hydrogen-bond acceptors (Lipinski definition) is 5. The number of sulfone groups is 1. The maximum atomic E-state index is 12.3. The largest absolute Gasteiger partial charge is 0.336 e. The van der Waals surface area contributed by atoms with E-state index in [1.165, 1.54) is 6.20 Å². The van der Waals surface area contributed by atoms with Crippen LogP contribution in [0.2, 0.25) is 0 Å². The normalized spacial score (nSPS) is 31.8. The van der Waals surface area contributed by atoms with E-state index in [9.17, 15) is 13.2 Å². The summed E-state index contributed by atoms with van der Waals surface area (Å²) in [5, 5.41) is 5.96. The summed E-state index contributed by atoms with van der Waals surface area (Å²) >= 11 is 0. The molecule has 0 aromatic carbocycles. The zero-order valence-electron chi connectivity index (χ0n) is 11.5. The molecule has 2 aliphatic rings. The minimum absolute atomic E-state index is 0.00173. The van der Waals surface area contributed by atoms with Crippen molar-refractivity contribution in [1.82, 2.24) is 20.0 Å². The van der Waals surface area contributed by atoms with Crippen LogP contribution in [0, 0.1) is 5.92 Å². The molecular formula is C12H18N4O3S. The first-order valence-corrected chi connectivity index (χ1v) is 8.28. The highest BCUT2D eigenvalue weighted by Gasteiger charge is 2.53. The number of fused-ring (bicyclic) bond motifs is 1. The molecule has 1 aromatic rings. The lowest BCUT2D eigenvalue weighted by Crippen LogP contribution is -2.38. The van der Waals surface area contributed by atoms with Gasteiger partial charge < -0.3 is 9.80 Å². The molecule has 20 heavy (non-hydrogen) atoms. The van der Waals surface area contributed by atoms with Crippen molar-refractivity contribution in [2.24, 2.45) is 5.92 Å². The number of hydrogen-bond donors (Lipinski definition) is 1. The third-order valence-electron chi connectivity index (χ3n) is 4.35. The molecule has 1 N–H and O–H groups in total. The lowest BCUT2D eigenvalue weighted by molar-refractivity contribution is 0.0774. The standard InChI is InChI=1S/C12H18N4O3S/c1-15(2)10-7-20(18,19)11-6-16(5-8(10)11)12(17)9-3-4-13-14-9/h3-4,8,10-11H,5-7H2,1-2H3,(H,13,14)/t8-,10+,11-/m0/s1. The van der Waals surface area contributed by atoms with E-state index in [1.54, 1.807) is 11.0 Å². The van der Waals surface area contributed by atoms with E-state index in [1.807, 2.05) is 19.0 Å². The first-order valence-electron chi connectivity index (χ1n) is 6.57. The Hall–Kier alpha value is -1.41. The number of nitrogens with zero attached hydrogens (tertiary/aromatic N) is 3. The van der Waals surface area contributed by atoms with Crippen LogP contribution in [0.4, 0.5) is 0 Å². The van der Waals surface area contributed by atoms with Crippen molar-refractivity contribution in [2.75, 3.05) is 32.9 Å². The average Bonchev–Trinajstić information content (AvgIpc) is 3.06. The molecule has 2 aliphatic heterocycles. The number of rotatable bonds is 2. The number of H-pyrrole nitrogens is 1. The molecule has 0 spiro atoms. The molecule has 0 bridgehead atoms. The van der Waals surface area contributed by atoms with Crippen LogP contribution in [0.1, 0.15) is 10.5 Å². The highest BCUT2D eigenvalue weighted by molar-refractivity contribution is 7.92. The van der Waals surface area contributed by atoms with E-state index in [0.717, 1.165) is 0 Å². The van der Waals surface area contributed by atoms with Gasteiger partial charge in [-0.25, -0.2) is 8.42 Å². The van der Waals surface area contributed by atoms with Crippen molar-refractivity contribution in [3.8, 4) is 0 Å². The van der Waals surface area contributed by atoms with Gasteiger partial charge in [0.2, 0.25) is 0 Å². The Bertz CT molecular complexity index is 611. The Labute approximate surface area is 117 Å². The molecule has 0 aliphatic carbocycles. The molecule has 1 amide bonds. The van der Waals surface area contributed by atoms with Crippen molar-refractivity contribution in [2.45, 2.75) is 11.3 Å². The SMILES string of the molecule is CN(C)[C@@H]1CS(=O)(=O)[C@H]2CN(C(=O)c3ccn[nH]3)C[C@@H]12. The molecule has 7 nitrogen and oxygen atoms in total. The highest BCUT2D eigenvalue weighted by atomic mass is 32.2. The molecule has 110 valence electrons. The number of carbonyl (C=O) groups is 1. The molecule has 3 heterocycles. The summed E-state index contributed by atoms with van der Waals surface area (Å²) in [7, 11) is 0.667. The summed E-state index contributed by atoms with van der Waals surface area (Å²) in [5.74, 6) is 0.0213. The Balaban J connectivity index is 1.83. The minimum atomic E-state index is -3.11. The summed E-state index contributed by atoms with van der Waals surface area (Å²) in [5.41, 5.74) is 0.406. The summed E-state index contributed by atoms with van der Waals surface area (Å²) in [6.45, 7) is 0.778. The molecule has 2 saturated heterocycles. The second-order valence-corrected chi connectivity index (χ2v) is 8.01. The summed E-state index contributed by atoms with van der Waals surface area (Å²) in [4.78, 5) is 15.8. The minimum Gasteiger partial charge on any atom is -0.336 e. The van der Waals surface area contributed by atoms with Crippen molar-refractivity contribution in [3.63, 3.8) is 0 Å².